The van der Waals surface area contributed by atoms with Crippen LogP contribution in [0.5, 0.6) is 0 Å². The molecule has 0 fully saturated rings. The largest absolute Gasteiger partial charge is 0.383 e. The van der Waals surface area contributed by atoms with Gasteiger partial charge in [0.25, 0.3) is 0 Å². The van der Waals surface area contributed by atoms with Gasteiger partial charge in [-0.25, -0.2) is 0 Å². The quantitative estimate of drug-likeness (QED) is 0.865. The summed E-state index contributed by atoms with van der Waals surface area (Å²) >= 11 is 0. The van der Waals surface area contributed by atoms with Gasteiger partial charge in [-0.3, -0.25) is 4.98 Å². The summed E-state index contributed by atoms with van der Waals surface area (Å²) in [5.74, 6) is 0. The van der Waals surface area contributed by atoms with Gasteiger partial charge in [0.1, 0.15) is 0 Å². The first-order valence-electron chi connectivity index (χ1n) is 6.82. The molecule has 0 aliphatic rings. The van der Waals surface area contributed by atoms with Crippen LogP contribution >= 0.6 is 0 Å². The van der Waals surface area contributed by atoms with Crippen LogP contribution in [0, 0.1) is 6.92 Å². The van der Waals surface area contributed by atoms with Crippen LogP contribution in [0.2, 0.25) is 0 Å². The minimum Gasteiger partial charge on any atom is -0.383 e. The number of pyridine rings is 1. The van der Waals surface area contributed by atoms with E-state index >= 15 is 0 Å². The van der Waals surface area contributed by atoms with Gasteiger partial charge in [-0.1, -0.05) is 25.1 Å². The molecule has 0 spiro atoms. The van der Waals surface area contributed by atoms with Crippen LogP contribution in [-0.4, -0.2) is 31.3 Å². The molecule has 102 valence electrons. The number of benzene rings is 1. The third-order valence-electron chi connectivity index (χ3n) is 3.32. The maximum Gasteiger partial charge on any atom is 0.0705 e. The monoisotopic (exact) mass is 258 g/mol. The standard InChI is InChI=1S/C16H22N2O/c1-4-17-14(11-19-3)10-16-12(2)9-13-7-5-6-8-15(13)18-16/h5-9,14,17H,4,10-11H2,1-3H3. The number of nitrogens with zero attached hydrogens (tertiary/aromatic N) is 1. The molecule has 1 unspecified atom stereocenters. The van der Waals surface area contributed by atoms with Crippen LogP contribution in [0.25, 0.3) is 10.9 Å². The van der Waals surface area contributed by atoms with Crippen LogP contribution in [0.15, 0.2) is 30.3 Å². The molecular formula is C16H22N2O. The lowest BCUT2D eigenvalue weighted by Gasteiger charge is -2.18. The van der Waals surface area contributed by atoms with Crippen LogP contribution in [-0.2, 0) is 11.2 Å². The fourth-order valence-corrected chi connectivity index (χ4v) is 2.38. The Morgan fingerprint density at radius 3 is 2.84 bits per heavy atom. The highest BCUT2D eigenvalue weighted by Gasteiger charge is 2.11. The molecule has 1 N–H and O–H groups in total. The van der Waals surface area contributed by atoms with Crippen molar-refractivity contribution >= 4 is 10.9 Å². The van der Waals surface area contributed by atoms with Gasteiger partial charge in [-0.05, 0) is 31.2 Å². The maximum atomic E-state index is 5.27. The molecule has 0 amide bonds. The zero-order valence-corrected chi connectivity index (χ0v) is 11.9. The van der Waals surface area contributed by atoms with Crippen molar-refractivity contribution in [2.45, 2.75) is 26.3 Å². The highest BCUT2D eigenvalue weighted by molar-refractivity contribution is 5.79. The molecule has 0 saturated heterocycles. The van der Waals surface area contributed by atoms with E-state index in [9.17, 15) is 0 Å². The van der Waals surface area contributed by atoms with Crippen molar-refractivity contribution in [1.29, 1.82) is 0 Å². The van der Waals surface area contributed by atoms with Crippen molar-refractivity contribution in [1.82, 2.24) is 10.3 Å². The summed E-state index contributed by atoms with van der Waals surface area (Å²) in [7, 11) is 1.74. The van der Waals surface area contributed by atoms with E-state index in [4.69, 9.17) is 9.72 Å². The first-order valence-corrected chi connectivity index (χ1v) is 6.82. The zero-order chi connectivity index (χ0) is 13.7. The van der Waals surface area contributed by atoms with Crippen molar-refractivity contribution in [3.05, 3.63) is 41.6 Å². The summed E-state index contributed by atoms with van der Waals surface area (Å²) in [6, 6.07) is 10.8. The molecule has 3 nitrogen and oxygen atoms in total. The average Bonchev–Trinajstić information content (AvgIpc) is 2.40. The number of nitrogens with one attached hydrogen (secondary N) is 1. The number of likely N-dealkylation sites (N-methyl/N-ethyl adjacent to an activating group) is 1. The Morgan fingerprint density at radius 2 is 2.11 bits per heavy atom. The first kappa shape index (κ1) is 14.0. The van der Waals surface area contributed by atoms with E-state index in [1.54, 1.807) is 7.11 Å². The molecule has 2 rings (SSSR count). The topological polar surface area (TPSA) is 34.1 Å². The number of para-hydroxylation sites is 1. The summed E-state index contributed by atoms with van der Waals surface area (Å²) in [5, 5.41) is 4.65. The number of methoxy groups -OCH3 is 1. The lowest BCUT2D eigenvalue weighted by Crippen LogP contribution is -2.35. The predicted molar refractivity (Wildman–Crippen MR) is 79.5 cm³/mol. The SMILES string of the molecule is CCNC(COC)Cc1nc2ccccc2cc1C. The Bertz CT molecular complexity index is 533. The van der Waals surface area contributed by atoms with E-state index in [0.29, 0.717) is 12.6 Å². The van der Waals surface area contributed by atoms with Gasteiger partial charge >= 0.3 is 0 Å². The molecule has 1 aromatic heterocycles. The molecule has 0 aliphatic heterocycles. The predicted octanol–water partition coefficient (Wildman–Crippen LogP) is 2.71. The van der Waals surface area contributed by atoms with E-state index in [-0.39, 0.29) is 0 Å². The molecule has 2 aromatic rings. The second kappa shape index (κ2) is 6.64. The van der Waals surface area contributed by atoms with Crippen LogP contribution in [0.3, 0.4) is 0 Å². The van der Waals surface area contributed by atoms with E-state index in [0.717, 1.165) is 24.2 Å². The Balaban J connectivity index is 2.25. The smallest absolute Gasteiger partial charge is 0.0705 e. The summed E-state index contributed by atoms with van der Waals surface area (Å²) in [6.07, 6.45) is 0.901. The highest BCUT2D eigenvalue weighted by atomic mass is 16.5. The van der Waals surface area contributed by atoms with Crippen molar-refractivity contribution < 1.29 is 4.74 Å². The second-order valence-electron chi connectivity index (χ2n) is 4.86. The molecule has 1 heterocycles. The third kappa shape index (κ3) is 3.52. The van der Waals surface area contributed by atoms with E-state index < -0.39 is 0 Å². The Morgan fingerprint density at radius 1 is 1.32 bits per heavy atom. The number of aromatic nitrogens is 1. The van der Waals surface area contributed by atoms with Gasteiger partial charge in [0.2, 0.25) is 0 Å². The molecule has 0 saturated carbocycles. The number of fused-ring (bicyclic) bond motifs is 1. The Hall–Kier alpha value is -1.45. The van der Waals surface area contributed by atoms with Gasteiger partial charge in [-0.15, -0.1) is 0 Å². The van der Waals surface area contributed by atoms with Gasteiger partial charge in [0.15, 0.2) is 0 Å². The van der Waals surface area contributed by atoms with Gasteiger partial charge < -0.3 is 10.1 Å². The second-order valence-corrected chi connectivity index (χ2v) is 4.86. The molecule has 19 heavy (non-hydrogen) atoms. The average molecular weight is 258 g/mol. The highest BCUT2D eigenvalue weighted by Crippen LogP contribution is 2.17. The van der Waals surface area contributed by atoms with Gasteiger partial charge in [-0.2, -0.15) is 0 Å². The number of ether oxygens (including phenoxy) is 1. The zero-order valence-electron chi connectivity index (χ0n) is 11.9. The van der Waals surface area contributed by atoms with Crippen LogP contribution < -0.4 is 5.32 Å². The fraction of sp³-hybridized carbons (Fsp3) is 0.438. The first-order chi connectivity index (χ1) is 9.24. The van der Waals surface area contributed by atoms with Crippen molar-refractivity contribution in [3.8, 4) is 0 Å². The molecule has 0 bridgehead atoms. The minimum atomic E-state index is 0.322. The summed E-state index contributed by atoms with van der Waals surface area (Å²) < 4.78 is 5.27. The Kier molecular flexibility index (Phi) is 4.88. The van der Waals surface area contributed by atoms with Crippen molar-refractivity contribution in [3.63, 3.8) is 0 Å². The number of hydrogen-bond acceptors (Lipinski definition) is 3. The Labute approximate surface area is 115 Å². The summed E-state index contributed by atoms with van der Waals surface area (Å²) in [5.41, 5.74) is 3.47. The molecular weight excluding hydrogens is 236 g/mol. The van der Waals surface area contributed by atoms with E-state index in [2.05, 4.69) is 43.4 Å². The van der Waals surface area contributed by atoms with E-state index in [1.807, 2.05) is 6.07 Å². The molecule has 0 radical (unpaired) electrons. The van der Waals surface area contributed by atoms with Crippen molar-refractivity contribution in [2.75, 3.05) is 20.3 Å². The summed E-state index contributed by atoms with van der Waals surface area (Å²) in [4.78, 5) is 4.78. The van der Waals surface area contributed by atoms with Crippen LogP contribution in [0.1, 0.15) is 18.2 Å². The van der Waals surface area contributed by atoms with Gasteiger partial charge in [0, 0.05) is 30.7 Å². The normalized spacial score (nSPS) is 12.8. The number of aryl methyl sites for hydroxylation is 1. The lowest BCUT2D eigenvalue weighted by molar-refractivity contribution is 0.166. The third-order valence-corrected chi connectivity index (χ3v) is 3.32. The number of hydrogen-bond donors (Lipinski definition) is 1. The fourth-order valence-electron chi connectivity index (χ4n) is 2.38. The molecule has 1 atom stereocenters. The van der Waals surface area contributed by atoms with Crippen molar-refractivity contribution in [2.24, 2.45) is 0 Å². The van der Waals surface area contributed by atoms with E-state index in [1.165, 1.54) is 10.9 Å². The molecule has 1 aromatic carbocycles. The molecule has 0 aliphatic carbocycles. The number of rotatable bonds is 6. The maximum absolute atomic E-state index is 5.27. The van der Waals surface area contributed by atoms with Gasteiger partial charge in [0.05, 0.1) is 12.1 Å². The molecule has 3 heteroatoms. The lowest BCUT2D eigenvalue weighted by atomic mass is 10.0. The van der Waals surface area contributed by atoms with Crippen LogP contribution in [0.4, 0.5) is 0 Å². The summed E-state index contributed by atoms with van der Waals surface area (Å²) in [6.45, 7) is 5.90. The minimum absolute atomic E-state index is 0.322.